The summed E-state index contributed by atoms with van der Waals surface area (Å²) in [6.07, 6.45) is 69.8. The molecule has 0 bridgehead atoms. The Labute approximate surface area is 362 Å². The van der Waals surface area contributed by atoms with Gasteiger partial charge in [0.2, 0.25) is 5.91 Å². The van der Waals surface area contributed by atoms with Crippen LogP contribution < -0.4 is 5.32 Å². The van der Waals surface area contributed by atoms with Gasteiger partial charge in [-0.15, -0.1) is 0 Å². The summed E-state index contributed by atoms with van der Waals surface area (Å²) in [6, 6.07) is -0.643. The van der Waals surface area contributed by atoms with Gasteiger partial charge in [-0.05, 0) is 71.1 Å². The standard InChI is InChI=1S/C54H99NO3/c1-3-5-7-9-11-13-14-15-16-17-18-19-20-21-22-23-24-25-26-27-28-29-30-31-32-33-34-35-36-37-38-39-40-42-44-46-48-50-54(58)55-52(51-56)53(57)49-47-45-43-41-12-10-8-6-4-2/h4,6,12,14-15,17-18,41,47,49,52-53,56-57H,3,5,7-11,13,16,19-40,42-46,48,50-51H2,1-2H3,(H,55,58)/b6-4+,15-14-,18-17-,41-12+,49-47+. The molecule has 0 saturated carbocycles. The summed E-state index contributed by atoms with van der Waals surface area (Å²) in [5.41, 5.74) is 0. The van der Waals surface area contributed by atoms with Gasteiger partial charge in [0.1, 0.15) is 0 Å². The molecule has 0 rings (SSSR count). The normalized spacial score (nSPS) is 13.4. The van der Waals surface area contributed by atoms with E-state index in [0.717, 1.165) is 44.9 Å². The maximum Gasteiger partial charge on any atom is 0.220 e. The number of rotatable bonds is 46. The third-order valence-corrected chi connectivity index (χ3v) is 11.5. The van der Waals surface area contributed by atoms with Crippen molar-refractivity contribution in [3.05, 3.63) is 60.8 Å². The van der Waals surface area contributed by atoms with Gasteiger partial charge < -0.3 is 15.5 Å². The first kappa shape index (κ1) is 56.1. The van der Waals surface area contributed by atoms with Gasteiger partial charge in [0.25, 0.3) is 0 Å². The minimum Gasteiger partial charge on any atom is -0.394 e. The number of nitrogens with one attached hydrogen (secondary N) is 1. The zero-order valence-electron chi connectivity index (χ0n) is 38.8. The van der Waals surface area contributed by atoms with Crippen LogP contribution in [-0.4, -0.2) is 34.9 Å². The summed E-state index contributed by atoms with van der Waals surface area (Å²) in [6.45, 7) is 4.06. The molecule has 4 nitrogen and oxygen atoms in total. The molecule has 0 heterocycles. The van der Waals surface area contributed by atoms with Gasteiger partial charge >= 0.3 is 0 Å². The summed E-state index contributed by atoms with van der Waals surface area (Å²) < 4.78 is 0. The molecule has 0 aromatic carbocycles. The Morgan fingerprint density at radius 3 is 1.19 bits per heavy atom. The minimum atomic E-state index is -0.867. The minimum absolute atomic E-state index is 0.0791. The van der Waals surface area contributed by atoms with E-state index in [0.29, 0.717) is 6.42 Å². The molecule has 0 aliphatic rings. The zero-order valence-corrected chi connectivity index (χ0v) is 38.8. The van der Waals surface area contributed by atoms with Crippen LogP contribution in [0.1, 0.15) is 258 Å². The number of unbranched alkanes of at least 4 members (excludes halogenated alkanes) is 32. The Morgan fingerprint density at radius 1 is 0.448 bits per heavy atom. The maximum absolute atomic E-state index is 12.4. The van der Waals surface area contributed by atoms with Crippen molar-refractivity contribution in [1.82, 2.24) is 5.32 Å². The predicted molar refractivity (Wildman–Crippen MR) is 258 cm³/mol. The van der Waals surface area contributed by atoms with E-state index in [2.05, 4.69) is 60.8 Å². The molecule has 3 N–H and O–H groups in total. The highest BCUT2D eigenvalue weighted by Crippen LogP contribution is 2.16. The van der Waals surface area contributed by atoms with Crippen LogP contribution in [0, 0.1) is 0 Å². The molecule has 2 atom stereocenters. The van der Waals surface area contributed by atoms with E-state index in [9.17, 15) is 15.0 Å². The number of aliphatic hydroxyl groups excluding tert-OH is 2. The Kier molecular flexibility index (Phi) is 47.8. The highest BCUT2D eigenvalue weighted by atomic mass is 16.3. The third kappa shape index (κ3) is 45.2. The summed E-state index contributed by atoms with van der Waals surface area (Å²) in [5, 5.41) is 22.9. The van der Waals surface area contributed by atoms with Gasteiger partial charge in [-0.3, -0.25) is 4.79 Å². The fourth-order valence-corrected chi connectivity index (χ4v) is 7.66. The zero-order chi connectivity index (χ0) is 42.1. The Hall–Kier alpha value is -1.91. The number of allylic oxidation sites excluding steroid dienone is 9. The fourth-order valence-electron chi connectivity index (χ4n) is 7.66. The van der Waals surface area contributed by atoms with Crippen molar-refractivity contribution in [2.24, 2.45) is 0 Å². The first-order chi connectivity index (χ1) is 28.7. The van der Waals surface area contributed by atoms with Crippen LogP contribution in [0.25, 0.3) is 0 Å². The third-order valence-electron chi connectivity index (χ3n) is 11.5. The Balaban J connectivity index is 3.37. The van der Waals surface area contributed by atoms with E-state index >= 15 is 0 Å². The van der Waals surface area contributed by atoms with Gasteiger partial charge in [-0.25, -0.2) is 0 Å². The van der Waals surface area contributed by atoms with E-state index in [1.54, 1.807) is 6.08 Å². The second-order valence-corrected chi connectivity index (χ2v) is 17.2. The van der Waals surface area contributed by atoms with E-state index in [4.69, 9.17) is 0 Å². The number of hydrogen-bond donors (Lipinski definition) is 3. The predicted octanol–water partition coefficient (Wildman–Crippen LogP) is 16.5. The van der Waals surface area contributed by atoms with Crippen molar-refractivity contribution in [3.63, 3.8) is 0 Å². The summed E-state index contributed by atoms with van der Waals surface area (Å²) in [7, 11) is 0. The summed E-state index contributed by atoms with van der Waals surface area (Å²) in [5.74, 6) is -0.0791. The molecule has 338 valence electrons. The van der Waals surface area contributed by atoms with Gasteiger partial charge in [0, 0.05) is 6.42 Å². The Morgan fingerprint density at radius 2 is 0.793 bits per heavy atom. The number of aliphatic hydroxyl groups is 2. The van der Waals surface area contributed by atoms with Gasteiger partial charge in [-0.1, -0.05) is 241 Å². The van der Waals surface area contributed by atoms with Crippen molar-refractivity contribution in [3.8, 4) is 0 Å². The van der Waals surface area contributed by atoms with Crippen LogP contribution in [0.3, 0.4) is 0 Å². The average Bonchev–Trinajstić information content (AvgIpc) is 3.23. The molecule has 0 aromatic rings. The highest BCUT2D eigenvalue weighted by molar-refractivity contribution is 5.76. The van der Waals surface area contributed by atoms with Crippen molar-refractivity contribution in [1.29, 1.82) is 0 Å². The molecule has 0 aromatic heterocycles. The monoisotopic (exact) mass is 810 g/mol. The molecule has 58 heavy (non-hydrogen) atoms. The lowest BCUT2D eigenvalue weighted by atomic mass is 10.0. The SMILES string of the molecule is C/C=C/CC/C=C/CC/C=C/C(O)C(CO)NC(=O)CCCCCCCCCCCCCCCCCCCCCCCCCCC/C=C\C/C=C\CCCCCCC. The second kappa shape index (κ2) is 49.5. The van der Waals surface area contributed by atoms with Crippen LogP contribution >= 0.6 is 0 Å². The van der Waals surface area contributed by atoms with Crippen LogP contribution in [0.15, 0.2) is 60.8 Å². The molecular weight excluding hydrogens is 711 g/mol. The molecule has 0 spiro atoms. The van der Waals surface area contributed by atoms with Gasteiger partial charge in [0.05, 0.1) is 18.8 Å². The summed E-state index contributed by atoms with van der Waals surface area (Å²) >= 11 is 0. The molecule has 0 aliphatic heterocycles. The quantitative estimate of drug-likeness (QED) is 0.0424. The molecular formula is C54H99NO3. The van der Waals surface area contributed by atoms with Crippen molar-refractivity contribution >= 4 is 5.91 Å². The molecule has 4 heteroatoms. The maximum atomic E-state index is 12.4. The fraction of sp³-hybridized carbons (Fsp3) is 0.796. The van der Waals surface area contributed by atoms with Crippen LogP contribution in [0.4, 0.5) is 0 Å². The van der Waals surface area contributed by atoms with E-state index < -0.39 is 12.1 Å². The number of carbonyl (C=O) groups is 1. The number of hydrogen-bond acceptors (Lipinski definition) is 3. The van der Waals surface area contributed by atoms with Crippen LogP contribution in [-0.2, 0) is 4.79 Å². The second-order valence-electron chi connectivity index (χ2n) is 17.2. The molecule has 1 amide bonds. The van der Waals surface area contributed by atoms with Crippen molar-refractivity contribution < 1.29 is 15.0 Å². The van der Waals surface area contributed by atoms with E-state index in [-0.39, 0.29) is 12.5 Å². The topological polar surface area (TPSA) is 69.6 Å². The molecule has 0 fully saturated rings. The summed E-state index contributed by atoms with van der Waals surface area (Å²) in [4.78, 5) is 12.4. The van der Waals surface area contributed by atoms with Crippen LogP contribution in [0.5, 0.6) is 0 Å². The first-order valence-corrected chi connectivity index (χ1v) is 25.5. The molecule has 0 saturated heterocycles. The lowest BCUT2D eigenvalue weighted by Crippen LogP contribution is -2.45. The van der Waals surface area contributed by atoms with E-state index in [1.165, 1.54) is 193 Å². The molecule has 0 aliphatic carbocycles. The average molecular weight is 810 g/mol. The largest absolute Gasteiger partial charge is 0.394 e. The van der Waals surface area contributed by atoms with Gasteiger partial charge in [-0.2, -0.15) is 0 Å². The lowest BCUT2D eigenvalue weighted by Gasteiger charge is -2.19. The molecule has 2 unspecified atom stereocenters. The molecule has 0 radical (unpaired) electrons. The first-order valence-electron chi connectivity index (χ1n) is 25.5. The van der Waals surface area contributed by atoms with Gasteiger partial charge in [0.15, 0.2) is 0 Å². The number of carbonyl (C=O) groups excluding carboxylic acids is 1. The lowest BCUT2D eigenvalue weighted by molar-refractivity contribution is -0.123. The van der Waals surface area contributed by atoms with E-state index in [1.807, 2.05) is 13.0 Å². The van der Waals surface area contributed by atoms with Crippen molar-refractivity contribution in [2.75, 3.05) is 6.61 Å². The highest BCUT2D eigenvalue weighted by Gasteiger charge is 2.17. The van der Waals surface area contributed by atoms with Crippen molar-refractivity contribution in [2.45, 2.75) is 270 Å². The smallest absolute Gasteiger partial charge is 0.220 e. The van der Waals surface area contributed by atoms with Crippen LogP contribution in [0.2, 0.25) is 0 Å². The Bertz CT molecular complexity index is 965. The number of amides is 1.